The predicted octanol–water partition coefficient (Wildman–Crippen LogP) is 2.31. The third kappa shape index (κ3) is 5.27. The standard InChI is InChI=1S/C18H30N2O2/c1-15(2)6-8-20-10-9-19(14-17(20)7-11-21)13-16-4-3-5-18(22)12-16/h3-5,12,15,17,21-22H,6-11,13-14H2,1-2H3/t17-/m0/s1. The van der Waals surface area contributed by atoms with Crippen molar-refractivity contribution >= 4 is 0 Å². The van der Waals surface area contributed by atoms with Gasteiger partial charge < -0.3 is 10.2 Å². The number of phenols is 1. The predicted molar refractivity (Wildman–Crippen MR) is 89.9 cm³/mol. The van der Waals surface area contributed by atoms with E-state index in [0.29, 0.717) is 11.8 Å². The fraction of sp³-hybridized carbons (Fsp3) is 0.667. The monoisotopic (exact) mass is 306 g/mol. The summed E-state index contributed by atoms with van der Waals surface area (Å²) in [5, 5.41) is 18.9. The molecule has 0 unspecified atom stereocenters. The third-order valence-electron chi connectivity index (χ3n) is 4.46. The Bertz CT molecular complexity index is 450. The lowest BCUT2D eigenvalue weighted by Crippen LogP contribution is -2.53. The van der Waals surface area contributed by atoms with Crippen LogP contribution < -0.4 is 0 Å². The van der Waals surface area contributed by atoms with Crippen LogP contribution >= 0.6 is 0 Å². The van der Waals surface area contributed by atoms with Gasteiger partial charge in [0.1, 0.15) is 5.75 Å². The Labute approximate surface area is 134 Å². The van der Waals surface area contributed by atoms with Crippen LogP contribution in [0, 0.1) is 5.92 Å². The number of aliphatic hydroxyl groups is 1. The summed E-state index contributed by atoms with van der Waals surface area (Å²) in [7, 11) is 0. The molecule has 1 atom stereocenters. The maximum atomic E-state index is 9.58. The van der Waals surface area contributed by atoms with E-state index in [0.717, 1.165) is 50.6 Å². The van der Waals surface area contributed by atoms with Crippen molar-refractivity contribution in [1.82, 2.24) is 9.80 Å². The molecule has 22 heavy (non-hydrogen) atoms. The molecule has 0 saturated carbocycles. The first-order valence-electron chi connectivity index (χ1n) is 8.43. The normalized spacial score (nSPS) is 20.6. The molecule has 1 aromatic rings. The van der Waals surface area contributed by atoms with Crippen molar-refractivity contribution in [1.29, 1.82) is 0 Å². The highest BCUT2D eigenvalue weighted by Gasteiger charge is 2.26. The number of phenolic OH excluding ortho intramolecular Hbond substituents is 1. The van der Waals surface area contributed by atoms with Gasteiger partial charge in [0.2, 0.25) is 0 Å². The highest BCUT2D eigenvalue weighted by atomic mass is 16.3. The number of rotatable bonds is 7. The van der Waals surface area contributed by atoms with Gasteiger partial charge in [-0.05, 0) is 43.0 Å². The molecule has 0 bridgehead atoms. The van der Waals surface area contributed by atoms with Crippen molar-refractivity contribution in [3.63, 3.8) is 0 Å². The molecule has 2 N–H and O–H groups in total. The van der Waals surface area contributed by atoms with Crippen molar-refractivity contribution in [2.24, 2.45) is 5.92 Å². The zero-order valence-corrected chi connectivity index (χ0v) is 13.9. The summed E-state index contributed by atoms with van der Waals surface area (Å²) in [6, 6.07) is 7.95. The number of aliphatic hydroxyl groups excluding tert-OH is 1. The van der Waals surface area contributed by atoms with Crippen LogP contribution in [0.2, 0.25) is 0 Å². The zero-order valence-electron chi connectivity index (χ0n) is 13.9. The van der Waals surface area contributed by atoms with Gasteiger partial charge in [-0.15, -0.1) is 0 Å². The number of benzene rings is 1. The first-order chi connectivity index (χ1) is 10.6. The molecule has 1 fully saturated rings. The largest absolute Gasteiger partial charge is 0.508 e. The Morgan fingerprint density at radius 2 is 2.09 bits per heavy atom. The second kappa shape index (κ2) is 8.51. The average Bonchev–Trinajstić information content (AvgIpc) is 2.46. The summed E-state index contributed by atoms with van der Waals surface area (Å²) in [5.41, 5.74) is 1.15. The van der Waals surface area contributed by atoms with Gasteiger partial charge in [-0.3, -0.25) is 9.80 Å². The first-order valence-corrected chi connectivity index (χ1v) is 8.43. The van der Waals surface area contributed by atoms with Gasteiger partial charge in [-0.25, -0.2) is 0 Å². The topological polar surface area (TPSA) is 46.9 Å². The Balaban J connectivity index is 1.91. The van der Waals surface area contributed by atoms with Gasteiger partial charge in [0.15, 0.2) is 0 Å². The second-order valence-corrected chi connectivity index (χ2v) is 6.79. The quantitative estimate of drug-likeness (QED) is 0.811. The van der Waals surface area contributed by atoms with E-state index < -0.39 is 0 Å². The van der Waals surface area contributed by atoms with Crippen molar-refractivity contribution < 1.29 is 10.2 Å². The molecule has 0 aromatic heterocycles. The summed E-state index contributed by atoms with van der Waals surface area (Å²) in [4.78, 5) is 4.97. The molecule has 0 radical (unpaired) electrons. The summed E-state index contributed by atoms with van der Waals surface area (Å²) in [6.07, 6.45) is 2.06. The molecule has 4 nitrogen and oxygen atoms in total. The maximum absolute atomic E-state index is 9.58. The second-order valence-electron chi connectivity index (χ2n) is 6.79. The number of nitrogens with zero attached hydrogens (tertiary/aromatic N) is 2. The zero-order chi connectivity index (χ0) is 15.9. The van der Waals surface area contributed by atoms with Crippen LogP contribution in [0.4, 0.5) is 0 Å². The minimum Gasteiger partial charge on any atom is -0.508 e. The van der Waals surface area contributed by atoms with Gasteiger partial charge in [0.25, 0.3) is 0 Å². The summed E-state index contributed by atoms with van der Waals surface area (Å²) in [6.45, 7) is 9.89. The van der Waals surface area contributed by atoms with Crippen molar-refractivity contribution in [3.8, 4) is 5.75 Å². The molecule has 2 rings (SSSR count). The Kier molecular flexibility index (Phi) is 6.68. The first kappa shape index (κ1) is 17.3. The lowest BCUT2D eigenvalue weighted by molar-refractivity contribution is 0.0524. The molecule has 1 aromatic carbocycles. The van der Waals surface area contributed by atoms with E-state index >= 15 is 0 Å². The van der Waals surface area contributed by atoms with Gasteiger partial charge >= 0.3 is 0 Å². The highest BCUT2D eigenvalue weighted by Crippen LogP contribution is 2.18. The average molecular weight is 306 g/mol. The Morgan fingerprint density at radius 3 is 2.77 bits per heavy atom. The van der Waals surface area contributed by atoms with Crippen LogP contribution in [0.3, 0.4) is 0 Å². The molecule has 1 aliphatic rings. The van der Waals surface area contributed by atoms with Gasteiger partial charge in [-0.2, -0.15) is 0 Å². The lowest BCUT2D eigenvalue weighted by atomic mass is 10.0. The molecule has 1 saturated heterocycles. The van der Waals surface area contributed by atoms with Crippen molar-refractivity contribution in [2.75, 3.05) is 32.8 Å². The molecular weight excluding hydrogens is 276 g/mol. The van der Waals surface area contributed by atoms with Crippen LogP contribution in [0.15, 0.2) is 24.3 Å². The van der Waals surface area contributed by atoms with Crippen LogP contribution in [-0.4, -0.2) is 58.8 Å². The fourth-order valence-corrected chi connectivity index (χ4v) is 3.16. The third-order valence-corrected chi connectivity index (χ3v) is 4.46. The van der Waals surface area contributed by atoms with E-state index in [1.807, 2.05) is 12.1 Å². The molecule has 0 spiro atoms. The number of hydrogen-bond donors (Lipinski definition) is 2. The smallest absolute Gasteiger partial charge is 0.115 e. The minimum atomic E-state index is 0.253. The summed E-state index contributed by atoms with van der Waals surface area (Å²) < 4.78 is 0. The number of aromatic hydroxyl groups is 1. The van der Waals surface area contributed by atoms with E-state index in [2.05, 4.69) is 29.7 Å². The van der Waals surface area contributed by atoms with Gasteiger partial charge in [0, 0.05) is 38.8 Å². The molecule has 1 heterocycles. The number of hydrogen-bond acceptors (Lipinski definition) is 4. The highest BCUT2D eigenvalue weighted by molar-refractivity contribution is 5.27. The van der Waals surface area contributed by atoms with Crippen molar-refractivity contribution in [2.45, 2.75) is 39.3 Å². The van der Waals surface area contributed by atoms with E-state index in [1.54, 1.807) is 6.07 Å². The fourth-order valence-electron chi connectivity index (χ4n) is 3.16. The van der Waals surface area contributed by atoms with Crippen LogP contribution in [-0.2, 0) is 6.54 Å². The molecule has 124 valence electrons. The molecule has 1 aliphatic heterocycles. The van der Waals surface area contributed by atoms with Crippen LogP contribution in [0.1, 0.15) is 32.3 Å². The van der Waals surface area contributed by atoms with Crippen LogP contribution in [0.5, 0.6) is 5.75 Å². The van der Waals surface area contributed by atoms with E-state index in [1.165, 1.54) is 6.42 Å². The molecule has 4 heteroatoms. The molecule has 0 aliphatic carbocycles. The van der Waals surface area contributed by atoms with Crippen LogP contribution in [0.25, 0.3) is 0 Å². The van der Waals surface area contributed by atoms with E-state index in [-0.39, 0.29) is 6.61 Å². The lowest BCUT2D eigenvalue weighted by Gasteiger charge is -2.41. The number of piperazine rings is 1. The van der Waals surface area contributed by atoms with E-state index in [4.69, 9.17) is 0 Å². The molecular formula is C18H30N2O2. The van der Waals surface area contributed by atoms with Gasteiger partial charge in [-0.1, -0.05) is 26.0 Å². The SMILES string of the molecule is CC(C)CCN1CCN(Cc2cccc(O)c2)C[C@@H]1CCO. The summed E-state index contributed by atoms with van der Waals surface area (Å²) in [5.74, 6) is 1.06. The van der Waals surface area contributed by atoms with Gasteiger partial charge in [0.05, 0.1) is 0 Å². The summed E-state index contributed by atoms with van der Waals surface area (Å²) >= 11 is 0. The van der Waals surface area contributed by atoms with Crippen molar-refractivity contribution in [3.05, 3.63) is 29.8 Å². The molecule has 0 amide bonds. The maximum Gasteiger partial charge on any atom is 0.115 e. The minimum absolute atomic E-state index is 0.253. The Hall–Kier alpha value is -1.10. The Morgan fingerprint density at radius 1 is 1.27 bits per heavy atom. The van der Waals surface area contributed by atoms with E-state index in [9.17, 15) is 10.2 Å².